The Bertz CT molecular complexity index is 1060. The molecular formula is C22H18N4O3. The predicted octanol–water partition coefficient (Wildman–Crippen LogP) is 3.80. The Balaban J connectivity index is 1.78. The largest absolute Gasteiger partial charge is 0.479 e. The summed E-state index contributed by atoms with van der Waals surface area (Å²) in [5.41, 5.74) is 2.56. The summed E-state index contributed by atoms with van der Waals surface area (Å²) in [6.07, 6.45) is 3.06. The van der Waals surface area contributed by atoms with Gasteiger partial charge in [0, 0.05) is 23.6 Å². The summed E-state index contributed by atoms with van der Waals surface area (Å²) in [4.78, 5) is 29.2. The van der Waals surface area contributed by atoms with Crippen LogP contribution in [0.25, 0.3) is 0 Å². The molecule has 2 aromatic carbocycles. The standard InChI is InChI=1S/C22H18N4O3/c1-15-3-2-4-19(20(15)26-21(27)16-9-12-24-13-10-16)22(28)25-17-5-7-18(8-6-17)29-14-11-23/h2-10,12-13H,14H2,1H3,(H,25,28)(H,26,27). The molecule has 0 saturated carbocycles. The first kappa shape index (κ1) is 19.6. The smallest absolute Gasteiger partial charge is 0.257 e. The average molecular weight is 386 g/mol. The lowest BCUT2D eigenvalue weighted by atomic mass is 10.1. The fourth-order valence-corrected chi connectivity index (χ4v) is 2.66. The lowest BCUT2D eigenvalue weighted by molar-refractivity contribution is 0.102. The number of ether oxygens (including phenoxy) is 1. The van der Waals surface area contributed by atoms with E-state index in [1.54, 1.807) is 48.5 Å². The summed E-state index contributed by atoms with van der Waals surface area (Å²) in [7, 11) is 0. The van der Waals surface area contributed by atoms with Crippen LogP contribution < -0.4 is 15.4 Å². The van der Waals surface area contributed by atoms with Gasteiger partial charge in [0.15, 0.2) is 6.61 Å². The molecule has 144 valence electrons. The molecule has 3 aromatic rings. The fraction of sp³-hybridized carbons (Fsp3) is 0.0909. The number of benzene rings is 2. The number of hydrogen-bond donors (Lipinski definition) is 2. The number of carbonyl (C=O) groups excluding carboxylic acids is 2. The van der Waals surface area contributed by atoms with Crippen LogP contribution in [0, 0.1) is 18.3 Å². The van der Waals surface area contributed by atoms with Crippen LogP contribution in [0.15, 0.2) is 67.0 Å². The van der Waals surface area contributed by atoms with E-state index in [1.165, 1.54) is 12.4 Å². The number of nitrogens with zero attached hydrogens (tertiary/aromatic N) is 2. The molecule has 7 heteroatoms. The number of para-hydroxylation sites is 1. The minimum Gasteiger partial charge on any atom is -0.479 e. The van der Waals surface area contributed by atoms with Crippen LogP contribution in [0.1, 0.15) is 26.3 Å². The van der Waals surface area contributed by atoms with Crippen molar-refractivity contribution in [3.8, 4) is 11.8 Å². The van der Waals surface area contributed by atoms with Crippen LogP contribution >= 0.6 is 0 Å². The van der Waals surface area contributed by atoms with Gasteiger partial charge >= 0.3 is 0 Å². The SMILES string of the molecule is Cc1cccc(C(=O)Nc2ccc(OCC#N)cc2)c1NC(=O)c1ccncc1. The number of aromatic nitrogens is 1. The maximum absolute atomic E-state index is 12.8. The first-order valence-electron chi connectivity index (χ1n) is 8.80. The van der Waals surface area contributed by atoms with E-state index in [4.69, 9.17) is 10.00 Å². The maximum atomic E-state index is 12.8. The molecule has 0 spiro atoms. The van der Waals surface area contributed by atoms with Crippen molar-refractivity contribution >= 4 is 23.2 Å². The zero-order valence-electron chi connectivity index (χ0n) is 15.7. The average Bonchev–Trinajstić information content (AvgIpc) is 2.75. The number of amides is 2. The minimum atomic E-state index is -0.357. The number of carbonyl (C=O) groups is 2. The Hall–Kier alpha value is -4.18. The lowest BCUT2D eigenvalue weighted by Gasteiger charge is -2.14. The van der Waals surface area contributed by atoms with Crippen molar-refractivity contribution in [2.45, 2.75) is 6.92 Å². The maximum Gasteiger partial charge on any atom is 0.257 e. The van der Waals surface area contributed by atoms with Gasteiger partial charge in [0.2, 0.25) is 0 Å². The third-order valence-corrected chi connectivity index (χ3v) is 4.11. The van der Waals surface area contributed by atoms with Crippen molar-refractivity contribution in [1.82, 2.24) is 4.98 Å². The zero-order chi connectivity index (χ0) is 20.6. The van der Waals surface area contributed by atoms with E-state index in [1.807, 2.05) is 19.1 Å². The molecule has 2 amide bonds. The van der Waals surface area contributed by atoms with E-state index in [0.29, 0.717) is 28.3 Å². The van der Waals surface area contributed by atoms with Crippen molar-refractivity contribution in [1.29, 1.82) is 5.26 Å². The van der Waals surface area contributed by atoms with E-state index in [2.05, 4.69) is 15.6 Å². The van der Waals surface area contributed by atoms with E-state index in [9.17, 15) is 9.59 Å². The lowest BCUT2D eigenvalue weighted by Crippen LogP contribution is -2.19. The van der Waals surface area contributed by atoms with E-state index in [0.717, 1.165) is 5.56 Å². The Morgan fingerprint density at radius 3 is 2.41 bits per heavy atom. The van der Waals surface area contributed by atoms with Crippen molar-refractivity contribution < 1.29 is 14.3 Å². The van der Waals surface area contributed by atoms with Crippen LogP contribution in [-0.4, -0.2) is 23.4 Å². The second-order valence-corrected chi connectivity index (χ2v) is 6.11. The number of anilines is 2. The normalized spacial score (nSPS) is 9.93. The van der Waals surface area contributed by atoms with E-state index < -0.39 is 0 Å². The Morgan fingerprint density at radius 1 is 1.00 bits per heavy atom. The van der Waals surface area contributed by atoms with Gasteiger partial charge < -0.3 is 15.4 Å². The van der Waals surface area contributed by atoms with Crippen LogP contribution in [0.2, 0.25) is 0 Å². The van der Waals surface area contributed by atoms with Crippen molar-refractivity contribution in [2.75, 3.05) is 17.2 Å². The number of nitrogens with one attached hydrogen (secondary N) is 2. The molecule has 3 rings (SSSR count). The van der Waals surface area contributed by atoms with Gasteiger partial charge in [-0.2, -0.15) is 5.26 Å². The molecule has 1 heterocycles. The number of hydrogen-bond acceptors (Lipinski definition) is 5. The topological polar surface area (TPSA) is 104 Å². The predicted molar refractivity (Wildman–Crippen MR) is 109 cm³/mol. The summed E-state index contributed by atoms with van der Waals surface area (Å²) in [6, 6.07) is 17.0. The number of nitriles is 1. The minimum absolute atomic E-state index is 0.0461. The van der Waals surface area contributed by atoms with Gasteiger partial charge in [-0.25, -0.2) is 0 Å². The van der Waals surface area contributed by atoms with Crippen LogP contribution in [0.3, 0.4) is 0 Å². The third-order valence-electron chi connectivity index (χ3n) is 4.11. The molecule has 0 aliphatic carbocycles. The van der Waals surface area contributed by atoms with Crippen LogP contribution in [-0.2, 0) is 0 Å². The molecule has 0 bridgehead atoms. The zero-order valence-corrected chi connectivity index (χ0v) is 15.7. The molecule has 0 aliphatic heterocycles. The first-order valence-corrected chi connectivity index (χ1v) is 8.80. The monoisotopic (exact) mass is 386 g/mol. The number of pyridine rings is 1. The molecule has 0 radical (unpaired) electrons. The molecular weight excluding hydrogens is 368 g/mol. The highest BCUT2D eigenvalue weighted by Gasteiger charge is 2.16. The molecule has 0 aliphatic rings. The second-order valence-electron chi connectivity index (χ2n) is 6.11. The molecule has 0 fully saturated rings. The molecule has 29 heavy (non-hydrogen) atoms. The number of aryl methyl sites for hydroxylation is 1. The number of rotatable bonds is 6. The van der Waals surface area contributed by atoms with Gasteiger partial charge in [-0.1, -0.05) is 12.1 Å². The summed E-state index contributed by atoms with van der Waals surface area (Å²) < 4.78 is 5.19. The van der Waals surface area contributed by atoms with Crippen molar-refractivity contribution in [3.63, 3.8) is 0 Å². The summed E-state index contributed by atoms with van der Waals surface area (Å²) in [5.74, 6) is -0.149. The highest BCUT2D eigenvalue weighted by atomic mass is 16.5. The Morgan fingerprint density at radius 2 is 1.72 bits per heavy atom. The molecule has 1 aromatic heterocycles. The molecule has 0 saturated heterocycles. The molecule has 2 N–H and O–H groups in total. The molecule has 0 atom stereocenters. The fourth-order valence-electron chi connectivity index (χ4n) is 2.66. The van der Waals surface area contributed by atoms with Gasteiger partial charge in [-0.3, -0.25) is 14.6 Å². The molecule has 7 nitrogen and oxygen atoms in total. The third kappa shape index (κ3) is 4.96. The van der Waals surface area contributed by atoms with Gasteiger partial charge in [0.1, 0.15) is 11.8 Å². The second kappa shape index (κ2) is 9.15. The van der Waals surface area contributed by atoms with E-state index >= 15 is 0 Å². The van der Waals surface area contributed by atoms with Crippen molar-refractivity contribution in [2.24, 2.45) is 0 Å². The van der Waals surface area contributed by atoms with Gasteiger partial charge in [-0.05, 0) is 55.0 Å². The van der Waals surface area contributed by atoms with Gasteiger partial charge in [0.25, 0.3) is 11.8 Å². The first-order chi connectivity index (χ1) is 14.1. The Labute approximate surface area is 168 Å². The van der Waals surface area contributed by atoms with Gasteiger partial charge in [-0.15, -0.1) is 0 Å². The molecule has 0 unspecified atom stereocenters. The van der Waals surface area contributed by atoms with Crippen molar-refractivity contribution in [3.05, 3.63) is 83.7 Å². The van der Waals surface area contributed by atoms with Crippen LogP contribution in [0.4, 0.5) is 11.4 Å². The Kier molecular flexibility index (Phi) is 6.18. The van der Waals surface area contributed by atoms with Crippen LogP contribution in [0.5, 0.6) is 5.75 Å². The summed E-state index contributed by atoms with van der Waals surface area (Å²) in [5, 5.41) is 14.2. The van der Waals surface area contributed by atoms with Gasteiger partial charge in [0.05, 0.1) is 11.3 Å². The highest BCUT2D eigenvalue weighted by Crippen LogP contribution is 2.23. The quantitative estimate of drug-likeness (QED) is 0.671. The summed E-state index contributed by atoms with van der Waals surface area (Å²) in [6.45, 7) is 1.77. The highest BCUT2D eigenvalue weighted by molar-refractivity contribution is 6.13. The summed E-state index contributed by atoms with van der Waals surface area (Å²) >= 11 is 0. The van der Waals surface area contributed by atoms with E-state index in [-0.39, 0.29) is 18.4 Å².